The first-order chi connectivity index (χ1) is 8.61. The molecule has 0 aliphatic heterocycles. The standard InChI is InChI=1S/C14H20N2O2/c1-11-10-15-8-5-12(11)16-14(9-13(17)18)6-3-2-4-7-14/h5,8,10H,2-4,6-7,9H2,1H3,(H,15,16)(H,17,18). The zero-order valence-corrected chi connectivity index (χ0v) is 10.8. The van der Waals surface area contributed by atoms with Crippen LogP contribution in [0.5, 0.6) is 0 Å². The van der Waals surface area contributed by atoms with Gasteiger partial charge in [-0.25, -0.2) is 0 Å². The molecule has 1 aromatic rings. The summed E-state index contributed by atoms with van der Waals surface area (Å²) >= 11 is 0. The minimum absolute atomic E-state index is 0.189. The number of nitrogens with zero attached hydrogens (tertiary/aromatic N) is 1. The summed E-state index contributed by atoms with van der Waals surface area (Å²) in [6.07, 6.45) is 9.01. The normalized spacial score (nSPS) is 18.3. The highest BCUT2D eigenvalue weighted by Crippen LogP contribution is 2.35. The van der Waals surface area contributed by atoms with Crippen molar-refractivity contribution in [2.45, 2.75) is 51.0 Å². The lowest BCUT2D eigenvalue weighted by Gasteiger charge is -2.38. The van der Waals surface area contributed by atoms with Gasteiger partial charge in [-0.05, 0) is 31.4 Å². The van der Waals surface area contributed by atoms with E-state index in [2.05, 4.69) is 10.3 Å². The topological polar surface area (TPSA) is 62.2 Å². The minimum Gasteiger partial charge on any atom is -0.481 e. The molecule has 0 saturated heterocycles. The van der Waals surface area contributed by atoms with Crippen molar-refractivity contribution in [3.05, 3.63) is 24.0 Å². The zero-order valence-electron chi connectivity index (χ0n) is 10.8. The maximum atomic E-state index is 11.1. The number of rotatable bonds is 4. The van der Waals surface area contributed by atoms with Crippen LogP contribution in [0.1, 0.15) is 44.1 Å². The third kappa shape index (κ3) is 3.00. The number of carboxylic acid groups (broad SMARTS) is 1. The number of hydrogen-bond acceptors (Lipinski definition) is 3. The molecule has 1 aliphatic rings. The lowest BCUT2D eigenvalue weighted by atomic mass is 9.79. The molecular formula is C14H20N2O2. The fraction of sp³-hybridized carbons (Fsp3) is 0.571. The summed E-state index contributed by atoms with van der Waals surface area (Å²) in [5, 5.41) is 12.6. The SMILES string of the molecule is Cc1cnccc1NC1(CC(=O)O)CCCCC1. The van der Waals surface area contributed by atoms with E-state index in [0.29, 0.717) is 0 Å². The summed E-state index contributed by atoms with van der Waals surface area (Å²) in [7, 11) is 0. The molecule has 0 aromatic carbocycles. The molecule has 4 nitrogen and oxygen atoms in total. The van der Waals surface area contributed by atoms with E-state index in [-0.39, 0.29) is 12.0 Å². The summed E-state index contributed by atoms with van der Waals surface area (Å²) in [5.41, 5.74) is 1.79. The molecule has 0 spiro atoms. The summed E-state index contributed by atoms with van der Waals surface area (Å²) in [5.74, 6) is -0.726. The first kappa shape index (κ1) is 12.9. The predicted molar refractivity (Wildman–Crippen MR) is 70.7 cm³/mol. The van der Waals surface area contributed by atoms with Crippen molar-refractivity contribution in [3.63, 3.8) is 0 Å². The van der Waals surface area contributed by atoms with Crippen LogP contribution in [0, 0.1) is 6.92 Å². The highest BCUT2D eigenvalue weighted by molar-refractivity contribution is 5.69. The van der Waals surface area contributed by atoms with Gasteiger partial charge in [0.1, 0.15) is 0 Å². The number of anilines is 1. The van der Waals surface area contributed by atoms with Crippen LogP contribution < -0.4 is 5.32 Å². The average molecular weight is 248 g/mol. The Hall–Kier alpha value is -1.58. The van der Waals surface area contributed by atoms with E-state index in [9.17, 15) is 4.79 Å². The Labute approximate surface area is 107 Å². The van der Waals surface area contributed by atoms with E-state index in [1.807, 2.05) is 13.0 Å². The maximum Gasteiger partial charge on any atom is 0.305 e. The number of hydrogen-bond donors (Lipinski definition) is 2. The summed E-state index contributed by atoms with van der Waals surface area (Å²) in [4.78, 5) is 15.2. The molecule has 2 rings (SSSR count). The lowest BCUT2D eigenvalue weighted by molar-refractivity contribution is -0.138. The zero-order chi connectivity index (χ0) is 13.0. The van der Waals surface area contributed by atoms with Crippen LogP contribution >= 0.6 is 0 Å². The highest BCUT2D eigenvalue weighted by atomic mass is 16.4. The van der Waals surface area contributed by atoms with Crippen LogP contribution in [0.15, 0.2) is 18.5 Å². The molecule has 1 aliphatic carbocycles. The first-order valence-corrected chi connectivity index (χ1v) is 6.52. The van der Waals surface area contributed by atoms with Crippen molar-refractivity contribution in [1.82, 2.24) is 4.98 Å². The summed E-state index contributed by atoms with van der Waals surface area (Å²) in [6, 6.07) is 1.92. The molecule has 0 radical (unpaired) electrons. The van der Waals surface area contributed by atoms with Crippen molar-refractivity contribution in [3.8, 4) is 0 Å². The Morgan fingerprint density at radius 3 is 2.78 bits per heavy atom. The molecule has 1 saturated carbocycles. The van der Waals surface area contributed by atoms with E-state index in [0.717, 1.165) is 36.9 Å². The van der Waals surface area contributed by atoms with Crippen LogP contribution in [0.4, 0.5) is 5.69 Å². The number of carboxylic acids is 1. The lowest BCUT2D eigenvalue weighted by Crippen LogP contribution is -2.42. The molecule has 0 unspecified atom stereocenters. The Kier molecular flexibility index (Phi) is 3.84. The Morgan fingerprint density at radius 2 is 2.17 bits per heavy atom. The number of carbonyl (C=O) groups is 1. The van der Waals surface area contributed by atoms with Crippen molar-refractivity contribution in [2.24, 2.45) is 0 Å². The van der Waals surface area contributed by atoms with Crippen molar-refractivity contribution >= 4 is 11.7 Å². The van der Waals surface area contributed by atoms with Gasteiger partial charge in [0.2, 0.25) is 0 Å². The van der Waals surface area contributed by atoms with Crippen LogP contribution in [-0.4, -0.2) is 21.6 Å². The molecule has 0 atom stereocenters. The average Bonchev–Trinajstić information content (AvgIpc) is 2.32. The highest BCUT2D eigenvalue weighted by Gasteiger charge is 2.34. The van der Waals surface area contributed by atoms with Gasteiger partial charge >= 0.3 is 5.97 Å². The first-order valence-electron chi connectivity index (χ1n) is 6.52. The van der Waals surface area contributed by atoms with Gasteiger partial charge in [-0.15, -0.1) is 0 Å². The fourth-order valence-electron chi connectivity index (χ4n) is 2.76. The Morgan fingerprint density at radius 1 is 1.44 bits per heavy atom. The van der Waals surface area contributed by atoms with Gasteiger partial charge in [-0.1, -0.05) is 19.3 Å². The number of pyridine rings is 1. The summed E-state index contributed by atoms with van der Waals surface area (Å²) < 4.78 is 0. The second kappa shape index (κ2) is 5.38. The molecule has 98 valence electrons. The van der Waals surface area contributed by atoms with Gasteiger partial charge in [-0.2, -0.15) is 0 Å². The predicted octanol–water partition coefficient (Wildman–Crippen LogP) is 2.98. The summed E-state index contributed by atoms with van der Waals surface area (Å²) in [6.45, 7) is 1.99. The second-order valence-corrected chi connectivity index (χ2v) is 5.23. The van der Waals surface area contributed by atoms with Crippen LogP contribution in [-0.2, 0) is 4.79 Å². The largest absolute Gasteiger partial charge is 0.481 e. The second-order valence-electron chi connectivity index (χ2n) is 5.23. The molecule has 2 N–H and O–H groups in total. The van der Waals surface area contributed by atoms with E-state index in [1.165, 1.54) is 6.42 Å². The van der Waals surface area contributed by atoms with Gasteiger partial charge in [0.25, 0.3) is 0 Å². The number of aromatic nitrogens is 1. The van der Waals surface area contributed by atoms with E-state index < -0.39 is 5.97 Å². The van der Waals surface area contributed by atoms with Crippen molar-refractivity contribution in [2.75, 3.05) is 5.32 Å². The number of aryl methyl sites for hydroxylation is 1. The van der Waals surface area contributed by atoms with Crippen LogP contribution in [0.3, 0.4) is 0 Å². The smallest absolute Gasteiger partial charge is 0.305 e. The Balaban J connectivity index is 2.19. The fourth-order valence-corrected chi connectivity index (χ4v) is 2.76. The van der Waals surface area contributed by atoms with Gasteiger partial charge < -0.3 is 10.4 Å². The van der Waals surface area contributed by atoms with Gasteiger partial charge in [0, 0.05) is 23.6 Å². The molecule has 4 heteroatoms. The molecular weight excluding hydrogens is 228 g/mol. The number of nitrogens with one attached hydrogen (secondary N) is 1. The molecule has 18 heavy (non-hydrogen) atoms. The van der Waals surface area contributed by atoms with E-state index in [1.54, 1.807) is 12.4 Å². The van der Waals surface area contributed by atoms with Crippen LogP contribution in [0.25, 0.3) is 0 Å². The molecule has 1 fully saturated rings. The maximum absolute atomic E-state index is 11.1. The Bertz CT molecular complexity index is 426. The molecule has 1 aromatic heterocycles. The van der Waals surface area contributed by atoms with E-state index >= 15 is 0 Å². The van der Waals surface area contributed by atoms with Crippen molar-refractivity contribution in [1.29, 1.82) is 0 Å². The molecule has 0 amide bonds. The minimum atomic E-state index is -0.726. The van der Waals surface area contributed by atoms with E-state index in [4.69, 9.17) is 5.11 Å². The third-order valence-electron chi connectivity index (χ3n) is 3.72. The molecule has 0 bridgehead atoms. The van der Waals surface area contributed by atoms with Gasteiger partial charge in [-0.3, -0.25) is 9.78 Å². The monoisotopic (exact) mass is 248 g/mol. The van der Waals surface area contributed by atoms with Gasteiger partial charge in [0.15, 0.2) is 0 Å². The van der Waals surface area contributed by atoms with Crippen LogP contribution in [0.2, 0.25) is 0 Å². The van der Waals surface area contributed by atoms with Gasteiger partial charge in [0.05, 0.1) is 6.42 Å². The number of aliphatic carboxylic acids is 1. The molecule has 1 heterocycles. The third-order valence-corrected chi connectivity index (χ3v) is 3.72. The quantitative estimate of drug-likeness (QED) is 0.860. The van der Waals surface area contributed by atoms with Crippen molar-refractivity contribution < 1.29 is 9.90 Å².